The van der Waals surface area contributed by atoms with E-state index in [1.165, 1.54) is 32.1 Å². The van der Waals surface area contributed by atoms with E-state index in [-0.39, 0.29) is 25.6 Å². The highest BCUT2D eigenvalue weighted by atomic mass is 16.6. The van der Waals surface area contributed by atoms with Crippen LogP contribution in [-0.2, 0) is 28.5 Å². The van der Waals surface area contributed by atoms with Gasteiger partial charge in [0.2, 0.25) is 0 Å². The molecular weight excluding hydrogens is 340 g/mol. The molecule has 0 radical (unpaired) electrons. The van der Waals surface area contributed by atoms with Crippen molar-refractivity contribution in [3.8, 4) is 0 Å². The number of esters is 1. The number of aliphatic carboxylic acids is 1. The second-order valence-corrected chi connectivity index (χ2v) is 6.07. The van der Waals surface area contributed by atoms with Gasteiger partial charge < -0.3 is 24.1 Å². The number of hydrogen-bond acceptors (Lipinski definition) is 6. The quantitative estimate of drug-likeness (QED) is 0.258. The zero-order chi connectivity index (χ0) is 19.3. The number of hydrogen-bond donors (Lipinski definition) is 1. The number of carboxylic acid groups (broad SMARTS) is 1. The molecule has 7 heteroatoms. The van der Waals surface area contributed by atoms with Crippen LogP contribution < -0.4 is 0 Å². The molecule has 0 amide bonds. The second kappa shape index (κ2) is 20.1. The molecule has 0 atom stereocenters. The molecule has 0 aromatic carbocycles. The van der Waals surface area contributed by atoms with E-state index in [9.17, 15) is 9.59 Å². The highest BCUT2D eigenvalue weighted by molar-refractivity contribution is 5.69. The monoisotopic (exact) mass is 376 g/mol. The lowest BCUT2D eigenvalue weighted by Crippen LogP contribution is -2.14. The van der Waals surface area contributed by atoms with Gasteiger partial charge >= 0.3 is 11.9 Å². The van der Waals surface area contributed by atoms with Gasteiger partial charge in [0.25, 0.3) is 0 Å². The summed E-state index contributed by atoms with van der Waals surface area (Å²) >= 11 is 0. The van der Waals surface area contributed by atoms with E-state index in [1.807, 2.05) is 0 Å². The van der Waals surface area contributed by atoms with E-state index in [0.717, 1.165) is 12.8 Å². The topological polar surface area (TPSA) is 91.3 Å². The van der Waals surface area contributed by atoms with Crippen LogP contribution in [-0.4, -0.2) is 63.3 Å². The number of ether oxygens (including phenoxy) is 4. The normalized spacial score (nSPS) is 10.8. The van der Waals surface area contributed by atoms with Crippen LogP contribution in [0.4, 0.5) is 0 Å². The summed E-state index contributed by atoms with van der Waals surface area (Å²) in [6, 6.07) is 0. The smallest absolute Gasteiger partial charge is 0.305 e. The first-order chi connectivity index (χ1) is 12.7. The summed E-state index contributed by atoms with van der Waals surface area (Å²) in [5, 5.41) is 8.42. The van der Waals surface area contributed by atoms with Crippen LogP contribution in [0.15, 0.2) is 0 Å². The molecule has 0 aliphatic rings. The largest absolute Gasteiger partial charge is 0.481 e. The summed E-state index contributed by atoms with van der Waals surface area (Å²) in [6.45, 7) is 4.64. The molecular formula is C19H36O7. The number of unbranched alkanes of at least 4 members (excludes halogenated alkanes) is 6. The predicted molar refractivity (Wildman–Crippen MR) is 98.3 cm³/mol. The van der Waals surface area contributed by atoms with Gasteiger partial charge in [0.15, 0.2) is 0 Å². The van der Waals surface area contributed by atoms with Crippen LogP contribution in [0.3, 0.4) is 0 Å². The Bertz CT molecular complexity index is 334. The molecule has 0 spiro atoms. The molecule has 1 N–H and O–H groups in total. The Morgan fingerprint density at radius 2 is 1.15 bits per heavy atom. The number of carboxylic acids is 1. The van der Waals surface area contributed by atoms with Crippen LogP contribution in [0.5, 0.6) is 0 Å². The average Bonchev–Trinajstić information content (AvgIpc) is 2.61. The minimum atomic E-state index is -0.873. The van der Waals surface area contributed by atoms with Crippen LogP contribution in [0.2, 0.25) is 0 Å². The second-order valence-electron chi connectivity index (χ2n) is 6.07. The molecule has 7 nitrogen and oxygen atoms in total. The highest BCUT2D eigenvalue weighted by Crippen LogP contribution is 2.08. The van der Waals surface area contributed by atoms with Gasteiger partial charge in [0.05, 0.1) is 46.1 Å². The first-order valence-corrected chi connectivity index (χ1v) is 9.77. The first-order valence-electron chi connectivity index (χ1n) is 9.77. The van der Waals surface area contributed by atoms with E-state index in [0.29, 0.717) is 39.5 Å². The van der Waals surface area contributed by atoms with Crippen LogP contribution in [0.25, 0.3) is 0 Å². The molecule has 0 heterocycles. The van der Waals surface area contributed by atoms with E-state index < -0.39 is 5.97 Å². The Morgan fingerprint density at radius 1 is 0.654 bits per heavy atom. The molecule has 0 aromatic heterocycles. The molecule has 0 saturated carbocycles. The molecule has 0 aliphatic carbocycles. The third kappa shape index (κ3) is 20.9. The lowest BCUT2D eigenvalue weighted by atomic mass is 10.1. The zero-order valence-electron chi connectivity index (χ0n) is 16.2. The molecule has 0 unspecified atom stereocenters. The van der Waals surface area contributed by atoms with Crippen molar-refractivity contribution in [2.24, 2.45) is 0 Å². The van der Waals surface area contributed by atoms with Gasteiger partial charge in [0.1, 0.15) is 6.61 Å². The summed E-state index contributed by atoms with van der Waals surface area (Å²) in [6.07, 6.45) is 8.77. The molecule has 0 bridgehead atoms. The van der Waals surface area contributed by atoms with E-state index in [4.69, 9.17) is 24.1 Å². The van der Waals surface area contributed by atoms with Gasteiger partial charge in [-0.15, -0.1) is 0 Å². The first kappa shape index (κ1) is 24.8. The standard InChI is InChI=1S/C19H36O7/c1-2-3-4-5-6-7-8-9-19(22)26-17-16-25-15-14-24-13-12-23-11-10-18(20)21/h2-17H2,1H3,(H,20,21). The van der Waals surface area contributed by atoms with Gasteiger partial charge in [0, 0.05) is 6.42 Å². The summed E-state index contributed by atoms with van der Waals surface area (Å²) in [5.41, 5.74) is 0. The Hall–Kier alpha value is -1.18. The Labute approximate surface area is 157 Å². The van der Waals surface area contributed by atoms with Gasteiger partial charge in [-0.1, -0.05) is 45.4 Å². The van der Waals surface area contributed by atoms with E-state index in [1.54, 1.807) is 0 Å². The van der Waals surface area contributed by atoms with Crippen molar-refractivity contribution in [3.63, 3.8) is 0 Å². The van der Waals surface area contributed by atoms with Crippen molar-refractivity contribution in [1.82, 2.24) is 0 Å². The summed E-state index contributed by atoms with van der Waals surface area (Å²) in [7, 11) is 0. The minimum Gasteiger partial charge on any atom is -0.481 e. The van der Waals surface area contributed by atoms with E-state index in [2.05, 4.69) is 6.92 Å². The zero-order valence-corrected chi connectivity index (χ0v) is 16.2. The van der Waals surface area contributed by atoms with Gasteiger partial charge in [-0.2, -0.15) is 0 Å². The van der Waals surface area contributed by atoms with Crippen molar-refractivity contribution in [2.45, 2.75) is 64.7 Å². The van der Waals surface area contributed by atoms with Gasteiger partial charge in [-0.05, 0) is 6.42 Å². The summed E-state index contributed by atoms with van der Waals surface area (Å²) in [4.78, 5) is 21.8. The lowest BCUT2D eigenvalue weighted by molar-refractivity contribution is -0.145. The van der Waals surface area contributed by atoms with Gasteiger partial charge in [-0.25, -0.2) is 0 Å². The maximum Gasteiger partial charge on any atom is 0.305 e. The third-order valence-electron chi connectivity index (χ3n) is 3.68. The van der Waals surface area contributed by atoms with Crippen molar-refractivity contribution < 1.29 is 33.6 Å². The van der Waals surface area contributed by atoms with Crippen LogP contribution in [0, 0.1) is 0 Å². The van der Waals surface area contributed by atoms with Crippen molar-refractivity contribution in [3.05, 3.63) is 0 Å². The predicted octanol–water partition coefficient (Wildman–Crippen LogP) is 3.19. The van der Waals surface area contributed by atoms with E-state index >= 15 is 0 Å². The Morgan fingerprint density at radius 3 is 1.73 bits per heavy atom. The average molecular weight is 376 g/mol. The highest BCUT2D eigenvalue weighted by Gasteiger charge is 2.02. The number of carbonyl (C=O) groups excluding carboxylic acids is 1. The fourth-order valence-electron chi connectivity index (χ4n) is 2.21. The summed E-state index contributed by atoms with van der Waals surface area (Å²) in [5.74, 6) is -1.03. The summed E-state index contributed by atoms with van der Waals surface area (Å²) < 4.78 is 20.7. The fraction of sp³-hybridized carbons (Fsp3) is 0.895. The maximum absolute atomic E-state index is 11.5. The van der Waals surface area contributed by atoms with Crippen molar-refractivity contribution in [2.75, 3.05) is 46.2 Å². The number of carbonyl (C=O) groups is 2. The van der Waals surface area contributed by atoms with Crippen LogP contribution in [0.1, 0.15) is 64.7 Å². The Balaban J connectivity index is 3.15. The van der Waals surface area contributed by atoms with Gasteiger partial charge in [-0.3, -0.25) is 9.59 Å². The SMILES string of the molecule is CCCCCCCCCC(=O)OCCOCCOCCOCCC(=O)O. The van der Waals surface area contributed by atoms with Crippen molar-refractivity contribution >= 4 is 11.9 Å². The van der Waals surface area contributed by atoms with Crippen molar-refractivity contribution in [1.29, 1.82) is 0 Å². The Kier molecular flexibility index (Phi) is 19.2. The van der Waals surface area contributed by atoms with Crippen LogP contribution >= 0.6 is 0 Å². The molecule has 0 aliphatic heterocycles. The molecule has 0 saturated heterocycles. The third-order valence-corrected chi connectivity index (χ3v) is 3.68. The fourth-order valence-corrected chi connectivity index (χ4v) is 2.21. The molecule has 0 aromatic rings. The molecule has 0 rings (SSSR count). The molecule has 0 fully saturated rings. The maximum atomic E-state index is 11.5. The molecule has 26 heavy (non-hydrogen) atoms. The number of rotatable bonds is 20. The lowest BCUT2D eigenvalue weighted by Gasteiger charge is -2.07. The minimum absolute atomic E-state index is 0.000784. The molecule has 154 valence electrons.